The highest BCUT2D eigenvalue weighted by Gasteiger charge is 2.31. The molecule has 1 aliphatic carbocycles. The molecule has 4 aromatic rings. The van der Waals surface area contributed by atoms with Crippen molar-refractivity contribution in [2.75, 3.05) is 18.5 Å². The van der Waals surface area contributed by atoms with Crippen molar-refractivity contribution in [1.29, 1.82) is 0 Å². The van der Waals surface area contributed by atoms with Crippen LogP contribution in [-0.2, 0) is 20.5 Å². The van der Waals surface area contributed by atoms with Crippen molar-refractivity contribution < 1.29 is 23.8 Å². The van der Waals surface area contributed by atoms with E-state index < -0.39 is 17.6 Å². The Morgan fingerprint density at radius 1 is 0.956 bits per heavy atom. The van der Waals surface area contributed by atoms with E-state index in [1.54, 1.807) is 13.0 Å². The summed E-state index contributed by atoms with van der Waals surface area (Å²) in [5.74, 6) is 0.849. The zero-order valence-corrected chi connectivity index (χ0v) is 26.9. The van der Waals surface area contributed by atoms with E-state index in [1.165, 1.54) is 0 Å². The lowest BCUT2D eigenvalue weighted by Crippen LogP contribution is -2.36. The second kappa shape index (κ2) is 12.8. The van der Waals surface area contributed by atoms with Crippen molar-refractivity contribution in [2.45, 2.75) is 84.5 Å². The van der Waals surface area contributed by atoms with Crippen LogP contribution < -0.4 is 15.4 Å². The number of hydrogen-bond donors (Lipinski definition) is 2. The molecule has 2 amide bonds. The van der Waals surface area contributed by atoms with E-state index >= 15 is 0 Å². The molecule has 0 saturated carbocycles. The highest BCUT2D eigenvalue weighted by molar-refractivity contribution is 5.90. The van der Waals surface area contributed by atoms with Crippen LogP contribution in [0.2, 0.25) is 0 Å². The first-order valence-corrected chi connectivity index (χ1v) is 15.3. The minimum atomic E-state index is -0.642. The highest BCUT2D eigenvalue weighted by Crippen LogP contribution is 2.39. The van der Waals surface area contributed by atoms with Crippen LogP contribution in [-0.4, -0.2) is 49.8 Å². The number of aromatic nitrogens is 5. The summed E-state index contributed by atoms with van der Waals surface area (Å²) in [7, 11) is 0. The van der Waals surface area contributed by atoms with E-state index in [4.69, 9.17) is 14.2 Å². The molecule has 1 aromatic carbocycles. The maximum atomic E-state index is 13.2. The van der Waals surface area contributed by atoms with Crippen molar-refractivity contribution in [3.8, 4) is 5.75 Å². The van der Waals surface area contributed by atoms with Crippen molar-refractivity contribution in [3.05, 3.63) is 77.1 Å². The van der Waals surface area contributed by atoms with Crippen molar-refractivity contribution >= 4 is 23.5 Å². The first kappa shape index (κ1) is 31.8. The molecule has 0 fully saturated rings. The number of nitrogens with one attached hydrogen (secondary N) is 2. The average Bonchev–Trinajstić information content (AvgIpc) is 3.42. The summed E-state index contributed by atoms with van der Waals surface area (Å²) in [6.07, 6.45) is 3.00. The second-order valence-electron chi connectivity index (χ2n) is 12.5. The zero-order chi connectivity index (χ0) is 32.4. The van der Waals surface area contributed by atoms with Gasteiger partial charge in [-0.05, 0) is 63.8 Å². The number of amides is 2. The maximum absolute atomic E-state index is 13.2. The summed E-state index contributed by atoms with van der Waals surface area (Å²) in [5.41, 5.74) is 2.28. The summed E-state index contributed by atoms with van der Waals surface area (Å²) < 4.78 is 19.4. The Hall–Kier alpha value is -4.58. The smallest absolute Gasteiger partial charge is 0.376 e. The van der Waals surface area contributed by atoms with Gasteiger partial charge in [-0.1, -0.05) is 45.0 Å². The van der Waals surface area contributed by atoms with Crippen molar-refractivity contribution in [1.82, 2.24) is 29.9 Å². The van der Waals surface area contributed by atoms with Crippen LogP contribution in [0.25, 0.3) is 5.65 Å². The van der Waals surface area contributed by atoms with E-state index in [1.807, 2.05) is 88.5 Å². The number of rotatable bonds is 9. The van der Waals surface area contributed by atoms with Gasteiger partial charge in [-0.15, -0.1) is 10.2 Å². The Kier molecular flexibility index (Phi) is 9.06. The number of urea groups is 1. The van der Waals surface area contributed by atoms with Crippen LogP contribution in [0.4, 0.5) is 10.6 Å². The first-order chi connectivity index (χ1) is 21.4. The number of nitrogens with zero attached hydrogens (tertiary/aromatic N) is 5. The van der Waals surface area contributed by atoms with Gasteiger partial charge in [-0.2, -0.15) is 0 Å². The Morgan fingerprint density at radius 2 is 1.71 bits per heavy atom. The monoisotopic (exact) mass is 615 g/mol. The molecule has 0 aliphatic heterocycles. The van der Waals surface area contributed by atoms with Gasteiger partial charge in [0.25, 0.3) is 0 Å². The molecular formula is C33H41N7O5. The number of carbonyl (C=O) groups excluding carboxylic acids is 2. The molecule has 45 heavy (non-hydrogen) atoms. The highest BCUT2D eigenvalue weighted by atomic mass is 16.5. The number of anilines is 1. The predicted octanol–water partition coefficient (Wildman–Crippen LogP) is 6.04. The van der Waals surface area contributed by atoms with Gasteiger partial charge in [0.2, 0.25) is 5.82 Å². The molecule has 5 rings (SSSR count). The largest absolute Gasteiger partial charge is 0.484 e. The zero-order valence-electron chi connectivity index (χ0n) is 26.9. The van der Waals surface area contributed by atoms with Gasteiger partial charge in [-0.25, -0.2) is 19.6 Å². The van der Waals surface area contributed by atoms with E-state index in [2.05, 4.69) is 30.8 Å². The SMILES string of the molecule is CCOC(=O)c1nc(NC(=O)NC2CCC(Oc3ccc4nnc(C(C)(C)OCC)n4c3)c3ccccc32)cc(C(C)(C)C)n1. The number of ether oxygens (including phenoxy) is 3. The van der Waals surface area contributed by atoms with Crippen molar-refractivity contribution in [3.63, 3.8) is 0 Å². The normalized spacial score (nSPS) is 16.6. The lowest BCUT2D eigenvalue weighted by Gasteiger charge is -2.32. The van der Waals surface area contributed by atoms with E-state index in [9.17, 15) is 9.59 Å². The second-order valence-corrected chi connectivity index (χ2v) is 12.5. The van der Waals surface area contributed by atoms with Crippen LogP contribution >= 0.6 is 0 Å². The van der Waals surface area contributed by atoms with Crippen LogP contribution in [0.5, 0.6) is 5.75 Å². The Balaban J connectivity index is 1.33. The van der Waals surface area contributed by atoms with Crippen LogP contribution in [0.15, 0.2) is 48.7 Å². The van der Waals surface area contributed by atoms with Gasteiger partial charge in [0, 0.05) is 18.1 Å². The summed E-state index contributed by atoms with van der Waals surface area (Å²) in [4.78, 5) is 34.3. The third kappa shape index (κ3) is 7.06. The van der Waals surface area contributed by atoms with Crippen LogP contribution in [0, 0.1) is 0 Å². The third-order valence-electron chi connectivity index (χ3n) is 7.63. The average molecular weight is 616 g/mol. The molecule has 1 aliphatic rings. The van der Waals surface area contributed by atoms with Gasteiger partial charge in [-0.3, -0.25) is 9.72 Å². The molecule has 12 heteroatoms. The van der Waals surface area contributed by atoms with E-state index in [0.717, 1.165) is 11.1 Å². The van der Waals surface area contributed by atoms with Gasteiger partial charge in [0.1, 0.15) is 23.3 Å². The molecule has 2 unspecified atom stereocenters. The summed E-state index contributed by atoms with van der Waals surface area (Å²) in [5, 5.41) is 14.5. The number of carbonyl (C=O) groups is 2. The topological polar surface area (TPSA) is 142 Å². The van der Waals surface area contributed by atoms with E-state index in [-0.39, 0.29) is 35.8 Å². The molecule has 0 bridgehead atoms. The number of fused-ring (bicyclic) bond motifs is 2. The Morgan fingerprint density at radius 3 is 2.42 bits per heavy atom. The molecule has 0 spiro atoms. The molecule has 2 atom stereocenters. The number of benzene rings is 1. The standard InChI is InChI=1S/C33H41N7O5/c1-8-43-29(41)28-35-25(32(3,4)5)18-26(36-28)37-31(42)34-23-15-16-24(22-13-11-10-12-21(22)23)45-20-14-17-27-38-39-30(40(27)19-20)33(6,7)44-9-2/h10-14,17-19,23-24H,8-9,15-16H2,1-7H3,(H2,34,35,36,37,42). The summed E-state index contributed by atoms with van der Waals surface area (Å²) in [6.45, 7) is 14.3. The lowest BCUT2D eigenvalue weighted by molar-refractivity contribution is -0.0215. The van der Waals surface area contributed by atoms with Crippen LogP contribution in [0.1, 0.15) is 107 Å². The van der Waals surface area contributed by atoms with Gasteiger partial charge >= 0.3 is 12.0 Å². The molecule has 2 N–H and O–H groups in total. The number of esters is 1. The first-order valence-electron chi connectivity index (χ1n) is 15.3. The van der Waals surface area contributed by atoms with Gasteiger partial charge in [0.05, 0.1) is 24.5 Å². The van der Waals surface area contributed by atoms with Gasteiger partial charge in [0.15, 0.2) is 11.5 Å². The minimum absolute atomic E-state index is 0.0965. The molecule has 0 saturated heterocycles. The molecule has 12 nitrogen and oxygen atoms in total. The van der Waals surface area contributed by atoms with Crippen molar-refractivity contribution in [2.24, 2.45) is 0 Å². The molecule has 0 radical (unpaired) electrons. The lowest BCUT2D eigenvalue weighted by atomic mass is 9.85. The van der Waals surface area contributed by atoms with E-state index in [0.29, 0.717) is 42.4 Å². The Labute approximate surface area is 262 Å². The molecule has 3 heterocycles. The fourth-order valence-corrected chi connectivity index (χ4v) is 5.46. The maximum Gasteiger partial charge on any atom is 0.376 e. The van der Waals surface area contributed by atoms with Crippen LogP contribution in [0.3, 0.4) is 0 Å². The fourth-order valence-electron chi connectivity index (χ4n) is 5.46. The minimum Gasteiger partial charge on any atom is -0.484 e. The number of hydrogen-bond acceptors (Lipinski definition) is 9. The van der Waals surface area contributed by atoms with Gasteiger partial charge < -0.3 is 19.5 Å². The Bertz CT molecular complexity index is 1690. The third-order valence-corrected chi connectivity index (χ3v) is 7.63. The summed E-state index contributed by atoms with van der Waals surface area (Å²) in [6, 6.07) is 12.7. The quantitative estimate of drug-likeness (QED) is 0.215. The summed E-state index contributed by atoms with van der Waals surface area (Å²) >= 11 is 0. The molecule has 238 valence electrons. The predicted molar refractivity (Wildman–Crippen MR) is 168 cm³/mol. The molecular weight excluding hydrogens is 574 g/mol. The fraction of sp³-hybridized carbons (Fsp3) is 0.455. The number of pyridine rings is 1. The molecule has 3 aromatic heterocycles.